The molecule has 0 radical (unpaired) electrons. The standard InChI is InChI=1S/C12H24B12ClNO/c13-2-1-6(5(16)4(15)3(2)14)24(25)12(23)8(1,26)7(27)9(17,18)10(19,20)11(12,21)22/h13-23,26H2. The maximum Gasteiger partial charge on any atom is 0.282 e. The molecule has 1 heterocycles. The van der Waals surface area contributed by atoms with E-state index in [4.69, 9.17) is 17.2 Å². The number of hydrogen-bond donors (Lipinski definition) is 1. The van der Waals surface area contributed by atoms with Gasteiger partial charge in [-0.1, -0.05) is 26.8 Å². The predicted octanol–water partition coefficient (Wildman–Crippen LogP) is -12.6. The summed E-state index contributed by atoms with van der Waals surface area (Å²) in [5.41, 5.74) is 13.1. The van der Waals surface area contributed by atoms with Crippen LogP contribution in [0.15, 0.2) is 0 Å². The summed E-state index contributed by atoms with van der Waals surface area (Å²) in [5, 5.41) is -1.69. The lowest BCUT2D eigenvalue weighted by molar-refractivity contribution is -0.128. The topological polar surface area (TPSA) is 43.1 Å². The van der Waals surface area contributed by atoms with Crippen molar-refractivity contribution in [3.8, 4) is 0 Å². The van der Waals surface area contributed by atoms with Crippen molar-refractivity contribution in [3.05, 3.63) is 5.56 Å². The van der Waals surface area contributed by atoms with Crippen LogP contribution in [-0.4, -0.2) is 98.2 Å². The molecule has 3 rings (SSSR count). The monoisotopic (exact) mass is 365 g/mol. The molecule has 27 heavy (non-hydrogen) atoms. The fourth-order valence-electron chi connectivity index (χ4n) is 6.28. The van der Waals surface area contributed by atoms with Gasteiger partial charge in [0.15, 0.2) is 0 Å². The number of carbonyl (C=O) groups excluding carboxylic acids is 1. The second-order valence-corrected chi connectivity index (χ2v) is 11.3. The van der Waals surface area contributed by atoms with Gasteiger partial charge in [-0.25, -0.2) is 0 Å². The van der Waals surface area contributed by atoms with Crippen LogP contribution in [0.2, 0.25) is 20.9 Å². The van der Waals surface area contributed by atoms with E-state index in [1.54, 1.807) is 0 Å². The van der Waals surface area contributed by atoms with Crippen molar-refractivity contribution in [2.24, 2.45) is 5.73 Å². The van der Waals surface area contributed by atoms with Gasteiger partial charge < -0.3 is 5.73 Å². The van der Waals surface area contributed by atoms with Gasteiger partial charge in [0.1, 0.15) is 60.7 Å². The van der Waals surface area contributed by atoms with Crippen LogP contribution in [0.25, 0.3) is 0 Å². The first-order valence-corrected chi connectivity index (χ1v) is 10.5. The van der Waals surface area contributed by atoms with Crippen LogP contribution >= 0.6 is 11.5 Å². The fraction of sp³-hybridized carbons (Fsp3) is 0.417. The molecule has 0 saturated heterocycles. The van der Waals surface area contributed by atoms with Crippen LogP contribution in [0, 0.1) is 0 Å². The summed E-state index contributed by atoms with van der Waals surface area (Å²) in [4.78, 5) is 14.1. The Morgan fingerprint density at radius 1 is 0.778 bits per heavy atom. The maximum absolute atomic E-state index is 14.1. The third kappa shape index (κ3) is 1.92. The number of nitrogens with two attached hydrogens (primary N) is 1. The van der Waals surface area contributed by atoms with Gasteiger partial charge in [-0.3, -0.25) is 4.79 Å². The molecule has 0 spiro atoms. The Kier molecular flexibility index (Phi) is 4.43. The minimum absolute atomic E-state index is 0.122. The Balaban J connectivity index is 2.57. The van der Waals surface area contributed by atoms with Crippen LogP contribution < -0.4 is 33.0 Å². The van der Waals surface area contributed by atoms with Gasteiger partial charge in [0.2, 0.25) is 0 Å². The normalized spacial score (nSPS) is 32.7. The van der Waals surface area contributed by atoms with Crippen LogP contribution in [-0.2, 0) is 10.3 Å². The minimum Gasteiger partial charge on any atom is -0.316 e. The Bertz CT molecular complexity index is 903. The Morgan fingerprint density at radius 3 is 1.70 bits per heavy atom. The molecule has 1 fully saturated rings. The zero-order valence-electron chi connectivity index (χ0n) is 18.9. The van der Waals surface area contributed by atoms with Gasteiger partial charge in [0.05, 0.1) is 36.9 Å². The Labute approximate surface area is 179 Å². The number of rotatable bonds is 0. The van der Waals surface area contributed by atoms with E-state index < -0.39 is 16.0 Å². The summed E-state index contributed by atoms with van der Waals surface area (Å²) in [6.07, 6.45) is -0.301. The molecule has 1 aromatic carbocycles. The summed E-state index contributed by atoms with van der Waals surface area (Å²) in [6.45, 7) is 0. The summed E-state index contributed by atoms with van der Waals surface area (Å²) in [6, 6.07) is 0. The summed E-state index contributed by atoms with van der Waals surface area (Å²) < 4.78 is 0. The van der Waals surface area contributed by atoms with E-state index in [9.17, 15) is 4.79 Å². The van der Waals surface area contributed by atoms with Gasteiger partial charge in [0.25, 0.3) is 6.13 Å². The number of Topliss-reactive ketones (excluding diaryl/α,β-unsaturated/α-hetero) is 1. The van der Waals surface area contributed by atoms with Gasteiger partial charge in [-0.2, -0.15) is 11.5 Å². The lowest BCUT2D eigenvalue weighted by Gasteiger charge is -2.70. The molecule has 1 aliphatic heterocycles. The molecule has 0 amide bonds. The molecule has 2 atom stereocenters. The van der Waals surface area contributed by atoms with E-state index in [0.717, 1.165) is 16.5 Å². The molecule has 0 bridgehead atoms. The lowest BCUT2D eigenvalue weighted by atomic mass is 9.04. The van der Waals surface area contributed by atoms with Gasteiger partial charge >= 0.3 is 0 Å². The third-order valence-corrected chi connectivity index (χ3v) is 10.7. The van der Waals surface area contributed by atoms with Crippen molar-refractivity contribution in [3.63, 3.8) is 0 Å². The van der Waals surface area contributed by atoms with Crippen LogP contribution in [0.1, 0.15) is 5.56 Å². The van der Waals surface area contributed by atoms with E-state index >= 15 is 0 Å². The van der Waals surface area contributed by atoms with Crippen LogP contribution in [0.5, 0.6) is 0 Å². The van der Waals surface area contributed by atoms with Crippen molar-refractivity contribution in [2.75, 3.05) is 0 Å². The SMILES string of the molecule is Bc1c(B)c(B)c2c(c1B)B(Cl)C1(B)C2(N)C(=O)C(B)(B)C(B)(B)C1(B)B. The fourth-order valence-corrected chi connectivity index (χ4v) is 7.00. The van der Waals surface area contributed by atoms with Gasteiger partial charge in [-0.15, -0.1) is 10.9 Å². The van der Waals surface area contributed by atoms with Crippen LogP contribution in [0.3, 0.4) is 0 Å². The number of fused-ring (bicyclic) bond motifs is 3. The predicted molar refractivity (Wildman–Crippen MR) is 152 cm³/mol. The zero-order chi connectivity index (χ0) is 21.1. The number of benzene rings is 1. The maximum atomic E-state index is 14.1. The minimum atomic E-state index is -1.09. The highest BCUT2D eigenvalue weighted by molar-refractivity contribution is 7.21. The van der Waals surface area contributed by atoms with E-state index in [0.29, 0.717) is 0 Å². The first-order valence-electron chi connectivity index (χ1n) is 10.0. The van der Waals surface area contributed by atoms with Crippen molar-refractivity contribution >= 4 is 137 Å². The average Bonchev–Trinajstić information content (AvgIpc) is 2.76. The second-order valence-electron chi connectivity index (χ2n) is 10.9. The highest BCUT2D eigenvalue weighted by Crippen LogP contribution is 2.77. The molecule has 2 unspecified atom stereocenters. The molecule has 2 nitrogen and oxygen atoms in total. The highest BCUT2D eigenvalue weighted by atomic mass is 35.5. The molecule has 1 saturated carbocycles. The number of carbonyl (C=O) groups is 1. The summed E-state index contributed by atoms with van der Waals surface area (Å²) >= 11 is 7.29. The molecule has 1 aromatic rings. The lowest BCUT2D eigenvalue weighted by Crippen LogP contribution is -2.72. The quantitative estimate of drug-likeness (QED) is 0.465. The van der Waals surface area contributed by atoms with Gasteiger partial charge in [-0.05, 0) is 16.0 Å². The van der Waals surface area contributed by atoms with E-state index in [1.165, 1.54) is 16.4 Å². The third-order valence-electron chi connectivity index (χ3n) is 10.1. The molecule has 126 valence electrons. The van der Waals surface area contributed by atoms with Crippen LogP contribution in [0.4, 0.5) is 0 Å². The smallest absolute Gasteiger partial charge is 0.282 e. The summed E-state index contributed by atoms with van der Waals surface area (Å²) in [7, 11) is 23.7. The molecule has 0 aromatic heterocycles. The van der Waals surface area contributed by atoms with E-state index in [2.05, 4.69) is 86.3 Å². The first kappa shape index (κ1) is 21.6. The van der Waals surface area contributed by atoms with Gasteiger partial charge in [0, 0.05) is 0 Å². The highest BCUT2D eigenvalue weighted by Gasteiger charge is 2.77. The largest absolute Gasteiger partial charge is 0.316 e. The number of hydrogen-bond acceptors (Lipinski definition) is 2. The van der Waals surface area contributed by atoms with Crippen molar-refractivity contribution < 1.29 is 4.79 Å². The molecule has 1 aliphatic carbocycles. The molecule has 2 aliphatic rings. The van der Waals surface area contributed by atoms with Crippen molar-refractivity contribution in [2.45, 2.75) is 26.4 Å². The average molecular weight is 364 g/mol. The van der Waals surface area contributed by atoms with E-state index in [1.807, 2.05) is 0 Å². The second kappa shape index (κ2) is 5.54. The first-order chi connectivity index (χ1) is 12.0. The molecule has 15 heteroatoms. The molecule has 2 N–H and O–H groups in total. The van der Waals surface area contributed by atoms with Crippen molar-refractivity contribution in [1.29, 1.82) is 0 Å². The molecular weight excluding hydrogens is 339 g/mol. The number of ketones is 1. The van der Waals surface area contributed by atoms with E-state index in [-0.39, 0.29) is 22.3 Å². The Morgan fingerprint density at radius 2 is 1.22 bits per heavy atom. The van der Waals surface area contributed by atoms with Crippen molar-refractivity contribution in [1.82, 2.24) is 0 Å². The number of halogens is 1. The Hall–Kier alpha value is -0.0808. The zero-order valence-corrected chi connectivity index (χ0v) is 19.7. The molecular formula is C12H24B12ClNO. The summed E-state index contributed by atoms with van der Waals surface area (Å²) in [5.74, 6) is 0.122.